The van der Waals surface area contributed by atoms with E-state index in [1.54, 1.807) is 6.07 Å². The Morgan fingerprint density at radius 2 is 1.88 bits per heavy atom. The topological polar surface area (TPSA) is 99.7 Å². The van der Waals surface area contributed by atoms with Gasteiger partial charge in [0.05, 0.1) is 29.5 Å². The summed E-state index contributed by atoms with van der Waals surface area (Å²) in [5.41, 5.74) is 5.75. The summed E-state index contributed by atoms with van der Waals surface area (Å²) in [6.45, 7) is 0.534. The van der Waals surface area contributed by atoms with Crippen LogP contribution in [-0.4, -0.2) is 37.6 Å². The molecule has 162 valence electrons. The Hall–Kier alpha value is -3.49. The van der Waals surface area contributed by atoms with Crippen LogP contribution < -0.4 is 5.43 Å². The fraction of sp³-hybridized carbons (Fsp3) is 0.0870. The first kappa shape index (κ1) is 21.7. The molecular weight excluding hydrogens is 448 g/mol. The van der Waals surface area contributed by atoms with Crippen LogP contribution >= 0.6 is 23.4 Å². The molecule has 0 radical (unpaired) electrons. The van der Waals surface area contributed by atoms with Crippen molar-refractivity contribution in [2.45, 2.75) is 11.7 Å². The van der Waals surface area contributed by atoms with Gasteiger partial charge in [-0.05, 0) is 47.5 Å². The molecule has 0 saturated heterocycles. The van der Waals surface area contributed by atoms with Crippen molar-refractivity contribution < 1.29 is 15.0 Å². The number of fused-ring (bicyclic) bond motifs is 1. The maximum absolute atomic E-state index is 12.3. The third-order valence-corrected chi connectivity index (χ3v) is 5.99. The summed E-state index contributed by atoms with van der Waals surface area (Å²) in [6.07, 6.45) is 1.38. The number of halogens is 1. The molecule has 3 aromatic carbocycles. The number of hydrogen-bond acceptors (Lipinski definition) is 6. The molecule has 4 aromatic rings. The molecule has 3 N–H and O–H groups in total. The summed E-state index contributed by atoms with van der Waals surface area (Å²) in [5, 5.41) is 24.1. The highest BCUT2D eigenvalue weighted by atomic mass is 35.5. The minimum absolute atomic E-state index is 0.115. The number of aromatic nitrogens is 2. The Morgan fingerprint density at radius 3 is 2.69 bits per heavy atom. The zero-order chi connectivity index (χ0) is 22.5. The Kier molecular flexibility index (Phi) is 6.63. The van der Waals surface area contributed by atoms with Gasteiger partial charge in [-0.25, -0.2) is 10.4 Å². The number of thioether (sulfide) groups is 1. The number of rotatable bonds is 7. The lowest BCUT2D eigenvalue weighted by Gasteiger charge is -2.10. The normalized spacial score (nSPS) is 11.3. The van der Waals surface area contributed by atoms with Crippen LogP contribution in [-0.2, 0) is 11.3 Å². The monoisotopic (exact) mass is 466 g/mol. The highest BCUT2D eigenvalue weighted by molar-refractivity contribution is 7.99. The van der Waals surface area contributed by atoms with Crippen molar-refractivity contribution in [3.8, 4) is 11.5 Å². The molecule has 0 bridgehead atoms. The Labute approximate surface area is 193 Å². The van der Waals surface area contributed by atoms with Crippen LogP contribution in [0, 0.1) is 0 Å². The second-order valence-electron chi connectivity index (χ2n) is 6.89. The zero-order valence-corrected chi connectivity index (χ0v) is 18.3. The van der Waals surface area contributed by atoms with Gasteiger partial charge in [0.15, 0.2) is 16.7 Å². The maximum atomic E-state index is 12.3. The third-order valence-electron chi connectivity index (χ3n) is 4.64. The Morgan fingerprint density at radius 1 is 1.09 bits per heavy atom. The number of carbonyl (C=O) groups excluding carboxylic acids is 1. The number of aromatic hydroxyl groups is 2. The number of nitrogens with zero attached hydrogens (tertiary/aromatic N) is 3. The molecule has 0 saturated carbocycles. The molecule has 0 atom stereocenters. The molecule has 32 heavy (non-hydrogen) atoms. The molecule has 0 aliphatic carbocycles. The van der Waals surface area contributed by atoms with Crippen molar-refractivity contribution >= 4 is 46.5 Å². The summed E-state index contributed by atoms with van der Waals surface area (Å²) >= 11 is 7.65. The first-order valence-electron chi connectivity index (χ1n) is 9.66. The quantitative estimate of drug-likeness (QED) is 0.162. The van der Waals surface area contributed by atoms with Gasteiger partial charge in [-0.3, -0.25) is 4.79 Å². The second-order valence-corrected chi connectivity index (χ2v) is 8.24. The fourth-order valence-corrected chi connectivity index (χ4v) is 4.08. The molecule has 1 aromatic heterocycles. The van der Waals surface area contributed by atoms with Gasteiger partial charge in [0.2, 0.25) is 0 Å². The van der Waals surface area contributed by atoms with Crippen molar-refractivity contribution in [3.05, 3.63) is 82.9 Å². The summed E-state index contributed by atoms with van der Waals surface area (Å²) < 4.78 is 2.04. The average molecular weight is 467 g/mol. The third kappa shape index (κ3) is 5.04. The van der Waals surface area contributed by atoms with E-state index in [4.69, 9.17) is 11.6 Å². The van der Waals surface area contributed by atoms with Crippen molar-refractivity contribution in [2.24, 2.45) is 5.10 Å². The molecule has 0 unspecified atom stereocenters. The average Bonchev–Trinajstić information content (AvgIpc) is 3.14. The van der Waals surface area contributed by atoms with E-state index in [2.05, 4.69) is 15.5 Å². The first-order valence-corrected chi connectivity index (χ1v) is 11.0. The number of benzene rings is 3. The molecule has 7 nitrogen and oxygen atoms in total. The summed E-state index contributed by atoms with van der Waals surface area (Å²) in [5.74, 6) is -0.662. The van der Waals surface area contributed by atoms with Gasteiger partial charge >= 0.3 is 0 Å². The number of para-hydroxylation sites is 2. The minimum Gasteiger partial charge on any atom is -0.504 e. The summed E-state index contributed by atoms with van der Waals surface area (Å²) in [6, 6.07) is 19.7. The fourth-order valence-electron chi connectivity index (χ4n) is 3.08. The van der Waals surface area contributed by atoms with Gasteiger partial charge in [-0.2, -0.15) is 5.10 Å². The minimum atomic E-state index is -0.300. The van der Waals surface area contributed by atoms with E-state index in [-0.39, 0.29) is 23.2 Å². The van der Waals surface area contributed by atoms with E-state index in [9.17, 15) is 15.0 Å². The molecule has 1 amide bonds. The van der Waals surface area contributed by atoms with Gasteiger partial charge in [0, 0.05) is 5.02 Å². The number of hydrogen-bond donors (Lipinski definition) is 3. The number of hydrazone groups is 1. The van der Waals surface area contributed by atoms with E-state index in [0.717, 1.165) is 16.6 Å². The van der Waals surface area contributed by atoms with Crippen LogP contribution in [0.3, 0.4) is 0 Å². The predicted molar refractivity (Wildman–Crippen MR) is 127 cm³/mol. The van der Waals surface area contributed by atoms with Crippen molar-refractivity contribution in [1.82, 2.24) is 15.0 Å². The molecule has 4 rings (SSSR count). The highest BCUT2D eigenvalue weighted by Crippen LogP contribution is 2.27. The lowest BCUT2D eigenvalue weighted by atomic mass is 10.2. The summed E-state index contributed by atoms with van der Waals surface area (Å²) in [4.78, 5) is 16.9. The lowest BCUT2D eigenvalue weighted by molar-refractivity contribution is -0.118. The van der Waals surface area contributed by atoms with Crippen LogP contribution in [0.2, 0.25) is 5.02 Å². The van der Waals surface area contributed by atoms with Crippen molar-refractivity contribution in [3.63, 3.8) is 0 Å². The van der Waals surface area contributed by atoms with E-state index >= 15 is 0 Å². The van der Waals surface area contributed by atoms with Crippen LogP contribution in [0.15, 0.2) is 77.0 Å². The molecule has 0 spiro atoms. The zero-order valence-electron chi connectivity index (χ0n) is 16.8. The molecule has 0 fully saturated rings. The SMILES string of the molecule is O=C(CSc1nc2ccccc2n1Cc1ccccc1Cl)NN=Cc1ccc(O)c(O)c1. The number of imidazole rings is 1. The van der Waals surface area contributed by atoms with E-state index in [1.807, 2.05) is 53.1 Å². The second kappa shape index (κ2) is 9.76. The van der Waals surface area contributed by atoms with Crippen molar-refractivity contribution in [1.29, 1.82) is 0 Å². The van der Waals surface area contributed by atoms with Gasteiger partial charge < -0.3 is 14.8 Å². The Bertz CT molecular complexity index is 1310. The molecule has 0 aliphatic heterocycles. The van der Waals surface area contributed by atoms with Gasteiger partial charge in [-0.1, -0.05) is 53.7 Å². The first-order chi connectivity index (χ1) is 15.5. The number of phenols is 2. The largest absolute Gasteiger partial charge is 0.504 e. The lowest BCUT2D eigenvalue weighted by Crippen LogP contribution is -2.20. The smallest absolute Gasteiger partial charge is 0.250 e. The maximum Gasteiger partial charge on any atom is 0.250 e. The molecule has 1 heterocycles. The number of amides is 1. The summed E-state index contributed by atoms with van der Waals surface area (Å²) in [7, 11) is 0. The van der Waals surface area contributed by atoms with Crippen LogP contribution in [0.5, 0.6) is 11.5 Å². The van der Waals surface area contributed by atoms with E-state index < -0.39 is 0 Å². The predicted octanol–water partition coefficient (Wildman–Crippen LogP) is 4.39. The number of carbonyl (C=O) groups is 1. The van der Waals surface area contributed by atoms with Crippen LogP contribution in [0.25, 0.3) is 11.0 Å². The van der Waals surface area contributed by atoms with Gasteiger partial charge in [0.1, 0.15) is 0 Å². The highest BCUT2D eigenvalue weighted by Gasteiger charge is 2.14. The Balaban J connectivity index is 1.45. The molecule has 9 heteroatoms. The van der Waals surface area contributed by atoms with E-state index in [0.29, 0.717) is 22.3 Å². The number of nitrogens with one attached hydrogen (secondary N) is 1. The van der Waals surface area contributed by atoms with Crippen molar-refractivity contribution in [2.75, 3.05) is 5.75 Å². The molecule has 0 aliphatic rings. The van der Waals surface area contributed by atoms with Gasteiger partial charge in [0.25, 0.3) is 5.91 Å². The van der Waals surface area contributed by atoms with E-state index in [1.165, 1.54) is 30.1 Å². The van der Waals surface area contributed by atoms with Crippen LogP contribution in [0.1, 0.15) is 11.1 Å². The number of phenolic OH excluding ortho intramolecular Hbond substituents is 2. The standard InChI is InChI=1S/C23H19ClN4O3S/c24-17-6-2-1-5-16(17)13-28-19-8-4-3-7-18(19)26-23(28)32-14-22(31)27-25-12-15-9-10-20(29)21(30)11-15/h1-12,29-30H,13-14H2,(H,27,31). The van der Waals surface area contributed by atoms with Crippen LogP contribution in [0.4, 0.5) is 0 Å². The van der Waals surface area contributed by atoms with Gasteiger partial charge in [-0.15, -0.1) is 0 Å². The molecular formula is C23H19ClN4O3S.